The van der Waals surface area contributed by atoms with Crippen LogP contribution >= 0.6 is 11.3 Å². The fourth-order valence-corrected chi connectivity index (χ4v) is 2.78. The third-order valence-electron chi connectivity index (χ3n) is 3.39. The second-order valence-corrected chi connectivity index (χ2v) is 5.83. The molecule has 0 spiro atoms. The van der Waals surface area contributed by atoms with Gasteiger partial charge in [0.05, 0.1) is 11.4 Å². The zero-order chi connectivity index (χ0) is 14.4. The molecule has 1 aromatic rings. The van der Waals surface area contributed by atoms with E-state index >= 15 is 0 Å². The van der Waals surface area contributed by atoms with Crippen LogP contribution < -0.4 is 10.9 Å². The number of aliphatic hydroxyl groups excluding tert-OH is 1. The zero-order valence-electron chi connectivity index (χ0n) is 11.2. The van der Waals surface area contributed by atoms with Gasteiger partial charge in [-0.3, -0.25) is 25.3 Å². The van der Waals surface area contributed by atoms with E-state index in [1.165, 1.54) is 11.3 Å². The molecule has 6 nitrogen and oxygen atoms in total. The number of likely N-dealkylation sites (tertiary alicyclic amines) is 1. The smallest absolute Gasteiger partial charge is 0.279 e. The van der Waals surface area contributed by atoms with Crippen molar-refractivity contribution in [3.8, 4) is 0 Å². The molecular weight excluding hydrogens is 278 g/mol. The van der Waals surface area contributed by atoms with Crippen LogP contribution in [0, 0.1) is 5.92 Å². The van der Waals surface area contributed by atoms with Gasteiger partial charge in [-0.25, -0.2) is 0 Å². The highest BCUT2D eigenvalue weighted by molar-refractivity contribution is 7.12. The van der Waals surface area contributed by atoms with Gasteiger partial charge >= 0.3 is 0 Å². The molecule has 2 heterocycles. The van der Waals surface area contributed by atoms with Crippen molar-refractivity contribution in [2.24, 2.45) is 5.92 Å². The number of hydrogen-bond acceptors (Lipinski definition) is 5. The number of aliphatic hydroxyl groups is 1. The highest BCUT2D eigenvalue weighted by atomic mass is 32.1. The predicted molar refractivity (Wildman–Crippen MR) is 76.2 cm³/mol. The van der Waals surface area contributed by atoms with Crippen molar-refractivity contribution < 1.29 is 14.7 Å². The zero-order valence-corrected chi connectivity index (χ0v) is 12.0. The van der Waals surface area contributed by atoms with E-state index in [2.05, 4.69) is 10.9 Å². The van der Waals surface area contributed by atoms with Gasteiger partial charge < -0.3 is 5.11 Å². The van der Waals surface area contributed by atoms with E-state index < -0.39 is 0 Å². The molecule has 3 N–H and O–H groups in total. The van der Waals surface area contributed by atoms with Crippen molar-refractivity contribution in [3.63, 3.8) is 0 Å². The number of rotatable bonds is 4. The summed E-state index contributed by atoms with van der Waals surface area (Å²) >= 11 is 1.32. The molecule has 2 amide bonds. The molecule has 1 saturated heterocycles. The van der Waals surface area contributed by atoms with Crippen molar-refractivity contribution in [2.45, 2.75) is 12.8 Å². The molecule has 0 unspecified atom stereocenters. The van der Waals surface area contributed by atoms with Crippen LogP contribution in [-0.2, 0) is 4.79 Å². The fraction of sp³-hybridized carbons (Fsp3) is 0.538. The van der Waals surface area contributed by atoms with Crippen LogP contribution in [0.25, 0.3) is 0 Å². The van der Waals surface area contributed by atoms with Crippen molar-refractivity contribution in [1.82, 2.24) is 15.8 Å². The Morgan fingerprint density at radius 1 is 1.35 bits per heavy atom. The second kappa shape index (κ2) is 7.37. The highest BCUT2D eigenvalue weighted by Crippen LogP contribution is 2.15. The van der Waals surface area contributed by atoms with Crippen LogP contribution in [0.15, 0.2) is 17.5 Å². The van der Waals surface area contributed by atoms with Gasteiger partial charge in [-0.1, -0.05) is 6.07 Å². The summed E-state index contributed by atoms with van der Waals surface area (Å²) in [4.78, 5) is 25.9. The first-order valence-electron chi connectivity index (χ1n) is 6.65. The Kier molecular flexibility index (Phi) is 5.51. The van der Waals surface area contributed by atoms with E-state index in [0.29, 0.717) is 10.8 Å². The maximum absolute atomic E-state index is 11.7. The van der Waals surface area contributed by atoms with Gasteiger partial charge in [0.2, 0.25) is 0 Å². The normalized spacial score (nSPS) is 16.9. The summed E-state index contributed by atoms with van der Waals surface area (Å²) < 4.78 is 0. The number of carbonyl (C=O) groups is 2. The molecule has 2 rings (SSSR count). The number of piperidine rings is 1. The van der Waals surface area contributed by atoms with E-state index in [4.69, 9.17) is 5.11 Å². The predicted octanol–water partition coefficient (Wildman–Crippen LogP) is 0.213. The maximum Gasteiger partial charge on any atom is 0.279 e. The molecular formula is C13H19N3O3S. The quantitative estimate of drug-likeness (QED) is 0.694. The molecule has 0 radical (unpaired) electrons. The van der Waals surface area contributed by atoms with E-state index in [9.17, 15) is 9.59 Å². The van der Waals surface area contributed by atoms with Gasteiger partial charge in [0.25, 0.3) is 11.8 Å². The lowest BCUT2D eigenvalue weighted by Gasteiger charge is -2.30. The van der Waals surface area contributed by atoms with Crippen LogP contribution in [0.1, 0.15) is 22.5 Å². The molecule has 0 saturated carbocycles. The van der Waals surface area contributed by atoms with E-state index in [0.717, 1.165) is 25.9 Å². The van der Waals surface area contributed by atoms with Gasteiger partial charge in [-0.15, -0.1) is 11.3 Å². The largest absolute Gasteiger partial charge is 0.396 e. The standard InChI is InChI=1S/C13H19N3O3S/c17-9-10-3-5-16(6-4-10)8-12(18)14-15-13(19)11-2-1-7-20-11/h1-2,7,10,17H,3-6,8-9H2,(H,14,18)(H,15,19). The van der Waals surface area contributed by atoms with Crippen molar-refractivity contribution in [1.29, 1.82) is 0 Å². The Balaban J connectivity index is 1.67. The molecule has 1 aromatic heterocycles. The monoisotopic (exact) mass is 297 g/mol. The lowest BCUT2D eigenvalue weighted by molar-refractivity contribution is -0.123. The fourth-order valence-electron chi connectivity index (χ4n) is 2.17. The molecule has 0 bridgehead atoms. The molecule has 0 aromatic carbocycles. The van der Waals surface area contributed by atoms with Crippen LogP contribution in [-0.4, -0.2) is 48.1 Å². The van der Waals surface area contributed by atoms with Gasteiger partial charge in [0.15, 0.2) is 0 Å². The minimum atomic E-state index is -0.299. The second-order valence-electron chi connectivity index (χ2n) is 4.88. The number of hydrazine groups is 1. The van der Waals surface area contributed by atoms with E-state index in [-0.39, 0.29) is 25.0 Å². The van der Waals surface area contributed by atoms with Gasteiger partial charge in [0.1, 0.15) is 0 Å². The third kappa shape index (κ3) is 4.29. The first-order chi connectivity index (χ1) is 9.69. The molecule has 1 aliphatic rings. The molecule has 110 valence electrons. The molecule has 7 heteroatoms. The van der Waals surface area contributed by atoms with Crippen LogP contribution in [0.4, 0.5) is 0 Å². The third-order valence-corrected chi connectivity index (χ3v) is 4.26. The van der Waals surface area contributed by atoms with Gasteiger partial charge in [-0.05, 0) is 43.3 Å². The first kappa shape index (κ1) is 15.0. The summed E-state index contributed by atoms with van der Waals surface area (Å²) in [5.41, 5.74) is 4.82. The van der Waals surface area contributed by atoms with Crippen LogP contribution in [0.2, 0.25) is 0 Å². The summed E-state index contributed by atoms with van der Waals surface area (Å²) in [7, 11) is 0. The summed E-state index contributed by atoms with van der Waals surface area (Å²) in [5, 5.41) is 10.9. The number of nitrogens with zero attached hydrogens (tertiary/aromatic N) is 1. The molecule has 20 heavy (non-hydrogen) atoms. The van der Waals surface area contributed by atoms with Gasteiger partial charge in [-0.2, -0.15) is 0 Å². The Labute approximate surface area is 121 Å². The van der Waals surface area contributed by atoms with Crippen molar-refractivity contribution in [2.75, 3.05) is 26.2 Å². The minimum absolute atomic E-state index is 0.219. The number of amides is 2. The summed E-state index contributed by atoms with van der Waals surface area (Å²) in [6.45, 7) is 2.09. The van der Waals surface area contributed by atoms with E-state index in [1.807, 2.05) is 10.3 Å². The Bertz CT molecular complexity index is 442. The number of hydrogen-bond donors (Lipinski definition) is 3. The maximum atomic E-state index is 11.7. The summed E-state index contributed by atoms with van der Waals surface area (Å²) in [5.74, 6) is -0.169. The lowest BCUT2D eigenvalue weighted by atomic mass is 9.98. The van der Waals surface area contributed by atoms with Gasteiger partial charge in [0, 0.05) is 6.61 Å². The number of thiophene rings is 1. The Morgan fingerprint density at radius 2 is 2.10 bits per heavy atom. The Hall–Kier alpha value is -1.44. The topological polar surface area (TPSA) is 81.7 Å². The Morgan fingerprint density at radius 3 is 2.70 bits per heavy atom. The first-order valence-corrected chi connectivity index (χ1v) is 7.53. The average Bonchev–Trinajstić information content (AvgIpc) is 3.00. The van der Waals surface area contributed by atoms with Crippen LogP contribution in [0.5, 0.6) is 0 Å². The molecule has 0 aliphatic carbocycles. The lowest BCUT2D eigenvalue weighted by Crippen LogP contribution is -2.47. The number of nitrogens with one attached hydrogen (secondary N) is 2. The molecule has 1 aliphatic heterocycles. The molecule has 1 fully saturated rings. The summed E-state index contributed by atoms with van der Waals surface area (Å²) in [6.07, 6.45) is 1.82. The van der Waals surface area contributed by atoms with E-state index in [1.54, 1.807) is 12.1 Å². The SMILES string of the molecule is O=C(CN1CCC(CO)CC1)NNC(=O)c1cccs1. The average molecular weight is 297 g/mol. The van der Waals surface area contributed by atoms with Crippen LogP contribution in [0.3, 0.4) is 0 Å². The highest BCUT2D eigenvalue weighted by Gasteiger charge is 2.20. The molecule has 0 atom stereocenters. The minimum Gasteiger partial charge on any atom is -0.396 e. The van der Waals surface area contributed by atoms with Crippen molar-refractivity contribution in [3.05, 3.63) is 22.4 Å². The van der Waals surface area contributed by atoms with Crippen molar-refractivity contribution >= 4 is 23.2 Å². The number of carbonyl (C=O) groups excluding carboxylic acids is 2. The summed E-state index contributed by atoms with van der Waals surface area (Å²) in [6, 6.07) is 3.48.